The summed E-state index contributed by atoms with van der Waals surface area (Å²) in [4.78, 5) is 16.4. The van der Waals surface area contributed by atoms with E-state index in [1.54, 1.807) is 6.07 Å². The highest BCUT2D eigenvalue weighted by molar-refractivity contribution is 6.03. The molecule has 0 saturated carbocycles. The topological polar surface area (TPSA) is 50.2 Å². The lowest BCUT2D eigenvalue weighted by Crippen LogP contribution is -2.00. The number of hydrogen-bond acceptors (Lipinski definition) is 2. The summed E-state index contributed by atoms with van der Waals surface area (Å²) in [5.74, 6) is -0.919. The molecule has 0 aliphatic carbocycles. The number of carboxylic acids is 1. The van der Waals surface area contributed by atoms with Gasteiger partial charge in [-0.2, -0.15) is 0 Å². The molecule has 3 nitrogen and oxygen atoms in total. The maximum Gasteiger partial charge on any atom is 0.336 e. The molecule has 0 radical (unpaired) electrons. The van der Waals surface area contributed by atoms with Crippen LogP contribution in [0.5, 0.6) is 0 Å². The predicted molar refractivity (Wildman–Crippen MR) is 111 cm³/mol. The van der Waals surface area contributed by atoms with Crippen molar-refractivity contribution in [2.45, 2.75) is 52.4 Å². The molecule has 0 saturated heterocycles. The van der Waals surface area contributed by atoms with E-state index >= 15 is 0 Å². The van der Waals surface area contributed by atoms with Crippen molar-refractivity contribution in [1.29, 1.82) is 0 Å². The summed E-state index contributed by atoms with van der Waals surface area (Å²) in [7, 11) is 0. The second kappa shape index (κ2) is 8.81. The first-order valence-electron chi connectivity index (χ1n) is 9.82. The van der Waals surface area contributed by atoms with Gasteiger partial charge in [0.05, 0.1) is 16.8 Å². The smallest absolute Gasteiger partial charge is 0.336 e. The molecular formula is C24H27NO2. The van der Waals surface area contributed by atoms with Crippen molar-refractivity contribution in [2.24, 2.45) is 0 Å². The van der Waals surface area contributed by atoms with Crippen LogP contribution in [0.25, 0.3) is 22.2 Å². The van der Waals surface area contributed by atoms with E-state index in [1.165, 1.54) is 37.7 Å². The molecule has 0 fully saturated rings. The summed E-state index contributed by atoms with van der Waals surface area (Å²) in [5.41, 5.74) is 5.04. The fraction of sp³-hybridized carbons (Fsp3) is 0.333. The Kier molecular flexibility index (Phi) is 6.23. The van der Waals surface area contributed by atoms with Crippen molar-refractivity contribution in [1.82, 2.24) is 4.98 Å². The highest BCUT2D eigenvalue weighted by Gasteiger charge is 2.13. The van der Waals surface area contributed by atoms with Crippen LogP contribution in [0.2, 0.25) is 0 Å². The van der Waals surface area contributed by atoms with Crippen molar-refractivity contribution >= 4 is 16.9 Å². The third kappa shape index (κ3) is 4.73. The molecule has 0 amide bonds. The number of rotatable bonds is 8. The molecule has 0 unspecified atom stereocenters. The summed E-state index contributed by atoms with van der Waals surface area (Å²) in [6, 6.07) is 15.8. The van der Waals surface area contributed by atoms with Crippen LogP contribution in [-0.2, 0) is 6.42 Å². The van der Waals surface area contributed by atoms with Crippen molar-refractivity contribution in [3.63, 3.8) is 0 Å². The summed E-state index contributed by atoms with van der Waals surface area (Å²) in [6.07, 6.45) is 7.49. The van der Waals surface area contributed by atoms with Crippen LogP contribution in [-0.4, -0.2) is 16.1 Å². The zero-order chi connectivity index (χ0) is 19.2. The molecule has 27 heavy (non-hydrogen) atoms. The SMILES string of the molecule is CCCCCCCc1ccc(-c2cc(C(=O)O)c3cc(C)ccc3n2)cc1. The Morgan fingerprint density at radius 3 is 2.41 bits per heavy atom. The number of benzene rings is 2. The summed E-state index contributed by atoms with van der Waals surface area (Å²) < 4.78 is 0. The number of unbranched alkanes of at least 4 members (excludes halogenated alkanes) is 4. The van der Waals surface area contributed by atoms with Crippen molar-refractivity contribution < 1.29 is 9.90 Å². The summed E-state index contributed by atoms with van der Waals surface area (Å²) in [6.45, 7) is 4.19. The van der Waals surface area contributed by atoms with Crippen LogP contribution in [0.4, 0.5) is 0 Å². The molecule has 1 aromatic heterocycles. The molecule has 0 atom stereocenters. The lowest BCUT2D eigenvalue weighted by molar-refractivity contribution is 0.0699. The highest BCUT2D eigenvalue weighted by atomic mass is 16.4. The molecule has 0 aliphatic rings. The van der Waals surface area contributed by atoms with E-state index in [0.29, 0.717) is 16.6 Å². The van der Waals surface area contributed by atoms with Gasteiger partial charge in [-0.3, -0.25) is 0 Å². The van der Waals surface area contributed by atoms with Crippen molar-refractivity contribution in [2.75, 3.05) is 0 Å². The van der Waals surface area contributed by atoms with Gasteiger partial charge < -0.3 is 5.11 Å². The van der Waals surface area contributed by atoms with Gasteiger partial charge in [-0.15, -0.1) is 0 Å². The molecular weight excluding hydrogens is 334 g/mol. The highest BCUT2D eigenvalue weighted by Crippen LogP contribution is 2.26. The van der Waals surface area contributed by atoms with Gasteiger partial charge in [0, 0.05) is 10.9 Å². The standard InChI is InChI=1S/C24H27NO2/c1-3-4-5-6-7-8-18-10-12-19(13-11-18)23-16-21(24(26)27)20-15-17(2)9-14-22(20)25-23/h9-16H,3-8H2,1-2H3,(H,26,27). The summed E-state index contributed by atoms with van der Waals surface area (Å²) >= 11 is 0. The lowest BCUT2D eigenvalue weighted by atomic mass is 10.0. The van der Waals surface area contributed by atoms with Crippen LogP contribution in [0.3, 0.4) is 0 Å². The second-order valence-corrected chi connectivity index (χ2v) is 7.24. The van der Waals surface area contributed by atoms with Crippen LogP contribution in [0, 0.1) is 6.92 Å². The second-order valence-electron chi connectivity index (χ2n) is 7.24. The number of aromatic nitrogens is 1. The van der Waals surface area contributed by atoms with Gasteiger partial charge in [-0.1, -0.05) is 68.5 Å². The first kappa shape index (κ1) is 19.1. The van der Waals surface area contributed by atoms with Gasteiger partial charge in [0.25, 0.3) is 0 Å². The fourth-order valence-electron chi connectivity index (χ4n) is 3.44. The van der Waals surface area contributed by atoms with E-state index in [2.05, 4.69) is 31.2 Å². The van der Waals surface area contributed by atoms with Gasteiger partial charge in [0.2, 0.25) is 0 Å². The van der Waals surface area contributed by atoms with Crippen molar-refractivity contribution in [3.05, 3.63) is 65.2 Å². The maximum atomic E-state index is 11.7. The van der Waals surface area contributed by atoms with E-state index in [9.17, 15) is 9.90 Å². The number of fused-ring (bicyclic) bond motifs is 1. The molecule has 0 aliphatic heterocycles. The van der Waals surface area contributed by atoms with E-state index in [-0.39, 0.29) is 0 Å². The van der Waals surface area contributed by atoms with Crippen LogP contribution in [0.1, 0.15) is 60.5 Å². The van der Waals surface area contributed by atoms with Crippen LogP contribution in [0.15, 0.2) is 48.5 Å². The largest absolute Gasteiger partial charge is 0.478 e. The number of aromatic carboxylic acids is 1. The summed E-state index contributed by atoms with van der Waals surface area (Å²) in [5, 5.41) is 10.3. The Balaban J connectivity index is 1.82. The Labute approximate surface area is 161 Å². The normalized spacial score (nSPS) is 11.0. The third-order valence-corrected chi connectivity index (χ3v) is 5.01. The Hall–Kier alpha value is -2.68. The number of aryl methyl sites for hydroxylation is 2. The molecule has 3 rings (SSSR count). The Morgan fingerprint density at radius 2 is 1.70 bits per heavy atom. The first-order chi connectivity index (χ1) is 13.1. The average Bonchev–Trinajstić information content (AvgIpc) is 2.67. The quantitative estimate of drug-likeness (QED) is 0.471. The minimum atomic E-state index is -0.919. The zero-order valence-electron chi connectivity index (χ0n) is 16.2. The fourth-order valence-corrected chi connectivity index (χ4v) is 3.44. The molecule has 0 bridgehead atoms. The van der Waals surface area contributed by atoms with Gasteiger partial charge in [-0.25, -0.2) is 9.78 Å². The monoisotopic (exact) mass is 361 g/mol. The minimum absolute atomic E-state index is 0.304. The van der Waals surface area contributed by atoms with Crippen LogP contribution >= 0.6 is 0 Å². The van der Waals surface area contributed by atoms with E-state index in [4.69, 9.17) is 4.98 Å². The lowest BCUT2D eigenvalue weighted by Gasteiger charge is -2.09. The van der Waals surface area contributed by atoms with Gasteiger partial charge in [0.15, 0.2) is 0 Å². The van der Waals surface area contributed by atoms with Gasteiger partial charge >= 0.3 is 5.97 Å². The number of carboxylic acid groups (broad SMARTS) is 1. The van der Waals surface area contributed by atoms with E-state index in [1.807, 2.05) is 25.1 Å². The Bertz CT molecular complexity index is 929. The van der Waals surface area contributed by atoms with Gasteiger partial charge in [0.1, 0.15) is 0 Å². The Morgan fingerprint density at radius 1 is 0.963 bits per heavy atom. The zero-order valence-corrected chi connectivity index (χ0v) is 16.2. The molecule has 0 spiro atoms. The molecule has 1 heterocycles. The molecule has 2 aromatic carbocycles. The van der Waals surface area contributed by atoms with E-state index in [0.717, 1.165) is 23.1 Å². The average molecular weight is 361 g/mol. The number of nitrogens with zero attached hydrogens (tertiary/aromatic N) is 1. The number of pyridine rings is 1. The third-order valence-electron chi connectivity index (χ3n) is 5.01. The molecule has 3 heteroatoms. The van der Waals surface area contributed by atoms with E-state index < -0.39 is 5.97 Å². The minimum Gasteiger partial charge on any atom is -0.478 e. The molecule has 1 N–H and O–H groups in total. The number of carbonyl (C=O) groups is 1. The number of hydrogen-bond donors (Lipinski definition) is 1. The molecule has 3 aromatic rings. The molecule has 140 valence electrons. The predicted octanol–water partition coefficient (Wildman–Crippen LogP) is 6.42. The van der Waals surface area contributed by atoms with Crippen molar-refractivity contribution in [3.8, 4) is 11.3 Å². The first-order valence-corrected chi connectivity index (χ1v) is 9.82. The van der Waals surface area contributed by atoms with Gasteiger partial charge in [-0.05, 0) is 43.5 Å². The van der Waals surface area contributed by atoms with Crippen LogP contribution < -0.4 is 0 Å². The maximum absolute atomic E-state index is 11.7.